The summed E-state index contributed by atoms with van der Waals surface area (Å²) in [4.78, 5) is 13.6. The zero-order chi connectivity index (χ0) is 12.4. The highest BCUT2D eigenvalue weighted by molar-refractivity contribution is 5.94. The minimum atomic E-state index is -1.07. The van der Waals surface area contributed by atoms with E-state index in [0.717, 1.165) is 6.07 Å². The van der Waals surface area contributed by atoms with Crippen LogP contribution in [0, 0.1) is 11.6 Å². The van der Waals surface area contributed by atoms with Crippen molar-refractivity contribution < 1.29 is 13.6 Å². The molecule has 0 spiro atoms. The lowest BCUT2D eigenvalue weighted by molar-refractivity contribution is 0.0650. The van der Waals surface area contributed by atoms with Gasteiger partial charge in [0.05, 0.1) is 5.56 Å². The van der Waals surface area contributed by atoms with Crippen molar-refractivity contribution in [2.24, 2.45) is 0 Å². The summed E-state index contributed by atoms with van der Waals surface area (Å²) >= 11 is 0. The van der Waals surface area contributed by atoms with Crippen LogP contribution in [-0.4, -0.2) is 36.5 Å². The van der Waals surface area contributed by atoms with Crippen LogP contribution >= 0.6 is 12.4 Å². The van der Waals surface area contributed by atoms with Crippen molar-refractivity contribution in [2.45, 2.75) is 13.0 Å². The van der Waals surface area contributed by atoms with Crippen LogP contribution in [0.1, 0.15) is 17.3 Å². The van der Waals surface area contributed by atoms with Gasteiger partial charge in [0.2, 0.25) is 0 Å². The van der Waals surface area contributed by atoms with Gasteiger partial charge < -0.3 is 10.2 Å². The highest BCUT2D eigenvalue weighted by atomic mass is 35.5. The summed E-state index contributed by atoms with van der Waals surface area (Å²) in [6.45, 7) is 3.73. The topological polar surface area (TPSA) is 32.3 Å². The van der Waals surface area contributed by atoms with Gasteiger partial charge in [0.1, 0.15) is 0 Å². The Morgan fingerprint density at radius 1 is 1.44 bits per heavy atom. The van der Waals surface area contributed by atoms with E-state index in [1.165, 1.54) is 12.1 Å². The summed E-state index contributed by atoms with van der Waals surface area (Å²) in [6, 6.07) is 3.65. The molecule has 1 aliphatic rings. The zero-order valence-electron chi connectivity index (χ0n) is 9.95. The first-order valence-electron chi connectivity index (χ1n) is 5.57. The number of amides is 1. The average Bonchev–Trinajstić information content (AvgIpc) is 2.32. The lowest BCUT2D eigenvalue weighted by atomic mass is 10.1. The molecule has 1 aromatic rings. The molecule has 100 valence electrons. The van der Waals surface area contributed by atoms with Gasteiger partial charge in [0, 0.05) is 25.7 Å². The maximum Gasteiger partial charge on any atom is 0.257 e. The Hall–Kier alpha value is -1.20. The van der Waals surface area contributed by atoms with Crippen LogP contribution in [0.2, 0.25) is 0 Å². The Kier molecular flexibility index (Phi) is 5.04. The number of nitrogens with zero attached hydrogens (tertiary/aromatic N) is 1. The molecule has 6 heteroatoms. The van der Waals surface area contributed by atoms with E-state index in [1.807, 2.05) is 6.92 Å². The quantitative estimate of drug-likeness (QED) is 0.849. The third-order valence-electron chi connectivity index (χ3n) is 2.94. The van der Waals surface area contributed by atoms with Crippen LogP contribution in [0.3, 0.4) is 0 Å². The van der Waals surface area contributed by atoms with Crippen molar-refractivity contribution in [1.82, 2.24) is 10.2 Å². The molecule has 0 saturated carbocycles. The number of hydrogen-bond acceptors (Lipinski definition) is 2. The second-order valence-corrected chi connectivity index (χ2v) is 4.15. The number of carbonyl (C=O) groups is 1. The number of halogens is 3. The first-order chi connectivity index (χ1) is 8.11. The van der Waals surface area contributed by atoms with Gasteiger partial charge >= 0.3 is 0 Å². The molecule has 0 radical (unpaired) electrons. The number of hydrogen-bond donors (Lipinski definition) is 1. The lowest BCUT2D eigenvalue weighted by Gasteiger charge is -2.34. The molecule has 2 rings (SSSR count). The largest absolute Gasteiger partial charge is 0.333 e. The molecule has 1 heterocycles. The highest BCUT2D eigenvalue weighted by Crippen LogP contribution is 2.16. The maximum atomic E-state index is 13.5. The van der Waals surface area contributed by atoms with Gasteiger partial charge in [-0.1, -0.05) is 6.07 Å². The molecule has 18 heavy (non-hydrogen) atoms. The molecule has 1 N–H and O–H groups in total. The molecule has 0 bridgehead atoms. The van der Waals surface area contributed by atoms with Crippen molar-refractivity contribution in [3.05, 3.63) is 35.4 Å². The lowest BCUT2D eigenvalue weighted by Crippen LogP contribution is -2.52. The molecule has 1 amide bonds. The van der Waals surface area contributed by atoms with E-state index in [4.69, 9.17) is 0 Å². The molecule has 0 aromatic heterocycles. The molecule has 1 saturated heterocycles. The van der Waals surface area contributed by atoms with Crippen molar-refractivity contribution in [1.29, 1.82) is 0 Å². The summed E-state index contributed by atoms with van der Waals surface area (Å²) in [5.74, 6) is -2.50. The second kappa shape index (κ2) is 6.11. The SMILES string of the molecule is C[C@@H]1CNCCN1C(=O)c1cccc(F)c1F.Cl. The predicted octanol–water partition coefficient (Wildman–Crippen LogP) is 1.82. The van der Waals surface area contributed by atoms with E-state index < -0.39 is 17.5 Å². The van der Waals surface area contributed by atoms with Crippen molar-refractivity contribution in [3.8, 4) is 0 Å². The van der Waals surface area contributed by atoms with Crippen LogP contribution < -0.4 is 5.32 Å². The van der Waals surface area contributed by atoms with Gasteiger partial charge in [0.15, 0.2) is 11.6 Å². The number of rotatable bonds is 1. The Morgan fingerprint density at radius 2 is 2.17 bits per heavy atom. The minimum absolute atomic E-state index is 0. The summed E-state index contributed by atoms with van der Waals surface area (Å²) in [5, 5.41) is 3.14. The third-order valence-corrected chi connectivity index (χ3v) is 2.94. The predicted molar refractivity (Wildman–Crippen MR) is 67.0 cm³/mol. The van der Waals surface area contributed by atoms with Gasteiger partial charge in [-0.05, 0) is 19.1 Å². The fraction of sp³-hybridized carbons (Fsp3) is 0.417. The van der Waals surface area contributed by atoms with Gasteiger partial charge in [-0.15, -0.1) is 12.4 Å². The van der Waals surface area contributed by atoms with Gasteiger partial charge in [0.25, 0.3) is 5.91 Å². The van der Waals surface area contributed by atoms with Gasteiger partial charge in [-0.3, -0.25) is 4.79 Å². The molecule has 0 unspecified atom stereocenters. The zero-order valence-corrected chi connectivity index (χ0v) is 10.8. The number of benzene rings is 1. The molecular weight excluding hydrogens is 262 g/mol. The fourth-order valence-corrected chi connectivity index (χ4v) is 1.97. The van der Waals surface area contributed by atoms with E-state index >= 15 is 0 Å². The molecular formula is C12H15ClF2N2O. The Balaban J connectivity index is 0.00000162. The molecule has 1 aromatic carbocycles. The Labute approximate surface area is 111 Å². The number of nitrogens with one attached hydrogen (secondary N) is 1. The van der Waals surface area contributed by atoms with Crippen LogP contribution in [0.5, 0.6) is 0 Å². The molecule has 1 aliphatic heterocycles. The van der Waals surface area contributed by atoms with Crippen molar-refractivity contribution in [2.75, 3.05) is 19.6 Å². The van der Waals surface area contributed by atoms with E-state index in [0.29, 0.717) is 19.6 Å². The van der Waals surface area contributed by atoms with Crippen molar-refractivity contribution in [3.63, 3.8) is 0 Å². The van der Waals surface area contributed by atoms with E-state index in [2.05, 4.69) is 5.32 Å². The standard InChI is InChI=1S/C12H14F2N2O.ClH/c1-8-7-15-5-6-16(8)12(17)9-3-2-4-10(13)11(9)14;/h2-4,8,15H,5-7H2,1H3;1H/t8-;/m1./s1. The molecule has 1 fully saturated rings. The van der Waals surface area contributed by atoms with Crippen LogP contribution in [-0.2, 0) is 0 Å². The normalized spacial score (nSPS) is 19.3. The summed E-state index contributed by atoms with van der Waals surface area (Å²) in [5.41, 5.74) is -0.196. The molecule has 3 nitrogen and oxygen atoms in total. The summed E-state index contributed by atoms with van der Waals surface area (Å²) < 4.78 is 26.5. The van der Waals surface area contributed by atoms with E-state index in [1.54, 1.807) is 4.90 Å². The monoisotopic (exact) mass is 276 g/mol. The number of carbonyl (C=O) groups excluding carboxylic acids is 1. The molecule has 0 aliphatic carbocycles. The smallest absolute Gasteiger partial charge is 0.257 e. The molecule has 1 atom stereocenters. The first-order valence-corrected chi connectivity index (χ1v) is 5.57. The van der Waals surface area contributed by atoms with Gasteiger partial charge in [-0.2, -0.15) is 0 Å². The van der Waals surface area contributed by atoms with Crippen LogP contribution in [0.25, 0.3) is 0 Å². The highest BCUT2D eigenvalue weighted by Gasteiger charge is 2.26. The summed E-state index contributed by atoms with van der Waals surface area (Å²) in [7, 11) is 0. The van der Waals surface area contributed by atoms with E-state index in [-0.39, 0.29) is 24.0 Å². The maximum absolute atomic E-state index is 13.5. The Morgan fingerprint density at radius 3 is 2.83 bits per heavy atom. The van der Waals surface area contributed by atoms with Crippen LogP contribution in [0.15, 0.2) is 18.2 Å². The number of piperazine rings is 1. The Bertz CT molecular complexity index is 442. The third kappa shape index (κ3) is 2.79. The fourth-order valence-electron chi connectivity index (χ4n) is 1.97. The second-order valence-electron chi connectivity index (χ2n) is 4.15. The van der Waals surface area contributed by atoms with E-state index in [9.17, 15) is 13.6 Å². The van der Waals surface area contributed by atoms with Crippen LogP contribution in [0.4, 0.5) is 8.78 Å². The van der Waals surface area contributed by atoms with Crippen molar-refractivity contribution >= 4 is 18.3 Å². The minimum Gasteiger partial charge on any atom is -0.333 e. The average molecular weight is 277 g/mol. The van der Waals surface area contributed by atoms with Gasteiger partial charge in [-0.25, -0.2) is 8.78 Å². The summed E-state index contributed by atoms with van der Waals surface area (Å²) in [6.07, 6.45) is 0. The first kappa shape index (κ1) is 14.9.